The molecule has 0 bridgehead atoms. The first kappa shape index (κ1) is 17.6. The summed E-state index contributed by atoms with van der Waals surface area (Å²) in [6.45, 7) is 12.6. The minimum atomic E-state index is 0.333. The number of aryl methyl sites for hydroxylation is 1. The average Bonchev–Trinajstić information content (AvgIpc) is 2.60. The van der Waals surface area contributed by atoms with E-state index in [0.29, 0.717) is 5.92 Å². The monoisotopic (exact) mass is 311 g/mol. The molecule has 0 unspecified atom stereocenters. The van der Waals surface area contributed by atoms with Crippen molar-refractivity contribution in [2.45, 2.75) is 33.6 Å². The van der Waals surface area contributed by atoms with Crippen molar-refractivity contribution in [1.29, 1.82) is 0 Å². The highest BCUT2D eigenvalue weighted by Gasteiger charge is 2.14. The molecule has 2 aromatic rings. The number of hydrogen-bond acceptors (Lipinski definition) is 2. The average molecular weight is 311 g/mol. The van der Waals surface area contributed by atoms with Crippen LogP contribution in [0.2, 0.25) is 0 Å². The van der Waals surface area contributed by atoms with Gasteiger partial charge in [0.1, 0.15) is 12.4 Å². The maximum absolute atomic E-state index is 6.13. The Kier molecular flexibility index (Phi) is 6.66. The standard InChI is InChI=1S/C21H29NO/c1-5-22(6-2)14-15-23-21-13-12-17(3)16-20(21)18(4)19-10-8-7-9-11-19/h7-13,16,18H,5-6,14-15H2,1-4H3/t18-/m0/s1. The number of hydrogen-bond donors (Lipinski definition) is 0. The Bertz CT molecular complexity index is 590. The number of benzene rings is 2. The lowest BCUT2D eigenvalue weighted by molar-refractivity contribution is 0.221. The van der Waals surface area contributed by atoms with Crippen LogP contribution in [0.15, 0.2) is 48.5 Å². The fourth-order valence-corrected chi connectivity index (χ4v) is 2.88. The van der Waals surface area contributed by atoms with Crippen molar-refractivity contribution in [1.82, 2.24) is 4.90 Å². The van der Waals surface area contributed by atoms with Crippen molar-refractivity contribution in [3.63, 3.8) is 0 Å². The lowest BCUT2D eigenvalue weighted by atomic mass is 9.91. The van der Waals surface area contributed by atoms with Gasteiger partial charge in [-0.25, -0.2) is 0 Å². The zero-order chi connectivity index (χ0) is 16.7. The molecular weight excluding hydrogens is 282 g/mol. The lowest BCUT2D eigenvalue weighted by Gasteiger charge is -2.21. The van der Waals surface area contributed by atoms with E-state index in [4.69, 9.17) is 4.74 Å². The van der Waals surface area contributed by atoms with Crippen molar-refractivity contribution < 1.29 is 4.74 Å². The second-order valence-corrected chi connectivity index (χ2v) is 6.05. The van der Waals surface area contributed by atoms with Crippen LogP contribution in [-0.4, -0.2) is 31.1 Å². The van der Waals surface area contributed by atoms with Crippen LogP contribution >= 0.6 is 0 Å². The van der Waals surface area contributed by atoms with E-state index >= 15 is 0 Å². The van der Waals surface area contributed by atoms with Crippen LogP contribution in [0.4, 0.5) is 0 Å². The zero-order valence-corrected chi connectivity index (χ0v) is 14.9. The van der Waals surface area contributed by atoms with Gasteiger partial charge in [0.15, 0.2) is 0 Å². The molecule has 2 heteroatoms. The van der Waals surface area contributed by atoms with Gasteiger partial charge in [0.05, 0.1) is 0 Å². The predicted molar refractivity (Wildman–Crippen MR) is 98.4 cm³/mol. The first-order valence-electron chi connectivity index (χ1n) is 8.66. The summed E-state index contributed by atoms with van der Waals surface area (Å²) in [6, 6.07) is 17.1. The minimum Gasteiger partial charge on any atom is -0.492 e. The highest BCUT2D eigenvalue weighted by molar-refractivity contribution is 5.43. The summed E-state index contributed by atoms with van der Waals surface area (Å²) in [7, 11) is 0. The largest absolute Gasteiger partial charge is 0.492 e. The van der Waals surface area contributed by atoms with Gasteiger partial charge >= 0.3 is 0 Å². The second kappa shape index (κ2) is 8.73. The molecule has 0 aliphatic heterocycles. The summed E-state index contributed by atoms with van der Waals surface area (Å²) in [5.41, 5.74) is 3.88. The van der Waals surface area contributed by atoms with Crippen molar-refractivity contribution >= 4 is 0 Å². The third-order valence-corrected chi connectivity index (χ3v) is 4.49. The van der Waals surface area contributed by atoms with Crippen LogP contribution in [0.3, 0.4) is 0 Å². The molecule has 0 aromatic heterocycles. The fraction of sp³-hybridized carbons (Fsp3) is 0.429. The van der Waals surface area contributed by atoms with Gasteiger partial charge in [-0.1, -0.05) is 68.8 Å². The quantitative estimate of drug-likeness (QED) is 0.690. The third kappa shape index (κ3) is 4.84. The summed E-state index contributed by atoms with van der Waals surface area (Å²) >= 11 is 0. The summed E-state index contributed by atoms with van der Waals surface area (Å²) < 4.78 is 6.13. The Morgan fingerprint density at radius 1 is 1.00 bits per heavy atom. The first-order valence-corrected chi connectivity index (χ1v) is 8.66. The van der Waals surface area contributed by atoms with Crippen LogP contribution in [0.25, 0.3) is 0 Å². The summed E-state index contributed by atoms with van der Waals surface area (Å²) in [5.74, 6) is 1.35. The smallest absolute Gasteiger partial charge is 0.123 e. The molecule has 0 N–H and O–H groups in total. The molecule has 124 valence electrons. The Morgan fingerprint density at radius 3 is 2.35 bits per heavy atom. The van der Waals surface area contributed by atoms with Crippen LogP contribution in [0, 0.1) is 6.92 Å². The molecular formula is C21H29NO. The minimum absolute atomic E-state index is 0.333. The first-order chi connectivity index (χ1) is 11.2. The maximum atomic E-state index is 6.13. The summed E-state index contributed by atoms with van der Waals surface area (Å²) in [4.78, 5) is 2.38. The molecule has 0 fully saturated rings. The topological polar surface area (TPSA) is 12.5 Å². The van der Waals surface area contributed by atoms with E-state index < -0.39 is 0 Å². The molecule has 0 saturated heterocycles. The predicted octanol–water partition coefficient (Wildman–Crippen LogP) is 4.87. The van der Waals surface area contributed by atoms with E-state index in [1.54, 1.807) is 0 Å². The molecule has 0 heterocycles. The molecule has 0 amide bonds. The highest BCUT2D eigenvalue weighted by atomic mass is 16.5. The van der Waals surface area contributed by atoms with Gasteiger partial charge < -0.3 is 9.64 Å². The molecule has 2 rings (SSSR count). The van der Waals surface area contributed by atoms with Crippen LogP contribution < -0.4 is 4.74 Å². The third-order valence-electron chi connectivity index (χ3n) is 4.49. The lowest BCUT2D eigenvalue weighted by Crippen LogP contribution is -2.28. The fourth-order valence-electron chi connectivity index (χ4n) is 2.88. The second-order valence-electron chi connectivity index (χ2n) is 6.05. The molecule has 1 atom stereocenters. The van der Waals surface area contributed by atoms with Crippen LogP contribution in [0.5, 0.6) is 5.75 Å². The molecule has 0 saturated carbocycles. The molecule has 2 nitrogen and oxygen atoms in total. The Balaban J connectivity index is 2.14. The van der Waals surface area contributed by atoms with E-state index in [9.17, 15) is 0 Å². The summed E-state index contributed by atoms with van der Waals surface area (Å²) in [6.07, 6.45) is 0. The number of likely N-dealkylation sites (N-methyl/N-ethyl adjacent to an activating group) is 1. The molecule has 23 heavy (non-hydrogen) atoms. The molecule has 0 aliphatic carbocycles. The van der Waals surface area contributed by atoms with E-state index in [1.807, 2.05) is 0 Å². The molecule has 0 spiro atoms. The highest BCUT2D eigenvalue weighted by Crippen LogP contribution is 2.32. The number of nitrogens with zero attached hydrogens (tertiary/aromatic N) is 1. The van der Waals surface area contributed by atoms with Crippen molar-refractivity contribution in [3.8, 4) is 5.75 Å². The van der Waals surface area contributed by atoms with E-state index in [1.165, 1.54) is 16.7 Å². The van der Waals surface area contributed by atoms with Crippen molar-refractivity contribution in [2.24, 2.45) is 0 Å². The Labute approximate surface area is 141 Å². The molecule has 0 radical (unpaired) electrons. The van der Waals surface area contributed by atoms with Gasteiger partial charge in [0.25, 0.3) is 0 Å². The Morgan fingerprint density at radius 2 is 1.70 bits per heavy atom. The summed E-state index contributed by atoms with van der Waals surface area (Å²) in [5, 5.41) is 0. The molecule has 2 aromatic carbocycles. The SMILES string of the molecule is CCN(CC)CCOc1ccc(C)cc1[C@@H](C)c1ccccc1. The van der Waals surface area contributed by atoms with Crippen molar-refractivity contribution in [2.75, 3.05) is 26.2 Å². The number of rotatable bonds is 8. The van der Waals surface area contributed by atoms with Gasteiger partial charge in [-0.3, -0.25) is 0 Å². The number of ether oxygens (including phenoxy) is 1. The van der Waals surface area contributed by atoms with E-state index in [0.717, 1.165) is 32.0 Å². The van der Waals surface area contributed by atoms with E-state index in [2.05, 4.69) is 81.1 Å². The maximum Gasteiger partial charge on any atom is 0.123 e. The normalized spacial score (nSPS) is 12.4. The van der Waals surface area contributed by atoms with Gasteiger partial charge in [-0.2, -0.15) is 0 Å². The van der Waals surface area contributed by atoms with Crippen LogP contribution in [-0.2, 0) is 0 Å². The van der Waals surface area contributed by atoms with Gasteiger partial charge in [0.2, 0.25) is 0 Å². The zero-order valence-electron chi connectivity index (χ0n) is 14.9. The van der Waals surface area contributed by atoms with Gasteiger partial charge in [-0.15, -0.1) is 0 Å². The van der Waals surface area contributed by atoms with Gasteiger partial charge in [-0.05, 0) is 31.6 Å². The van der Waals surface area contributed by atoms with Crippen LogP contribution in [0.1, 0.15) is 43.4 Å². The van der Waals surface area contributed by atoms with E-state index in [-0.39, 0.29) is 0 Å². The van der Waals surface area contributed by atoms with Gasteiger partial charge in [0, 0.05) is 18.0 Å². The molecule has 0 aliphatic rings. The van der Waals surface area contributed by atoms with Crippen molar-refractivity contribution in [3.05, 3.63) is 65.2 Å². The Hall–Kier alpha value is -1.80.